The lowest BCUT2D eigenvalue weighted by molar-refractivity contribution is -0.384. The van der Waals surface area contributed by atoms with Crippen LogP contribution in [0.15, 0.2) is 83.8 Å². The first-order valence-electron chi connectivity index (χ1n) is 8.97. The number of non-ortho nitro benzene ring substituents is 1. The summed E-state index contributed by atoms with van der Waals surface area (Å²) in [5.41, 5.74) is 2.72. The quantitative estimate of drug-likeness (QED) is 0.353. The van der Waals surface area contributed by atoms with E-state index >= 15 is 0 Å². The normalized spacial score (nSPS) is 11.4. The molecule has 0 saturated carbocycles. The minimum Gasteiger partial charge on any atom is -0.258 e. The zero-order valence-corrected chi connectivity index (χ0v) is 17.4. The third-order valence-corrected chi connectivity index (χ3v) is 5.83. The van der Waals surface area contributed by atoms with E-state index in [0.717, 1.165) is 5.56 Å². The third-order valence-electron chi connectivity index (χ3n) is 4.62. The Morgan fingerprint density at radius 1 is 0.935 bits per heavy atom. The van der Waals surface area contributed by atoms with Crippen LogP contribution in [0.4, 0.5) is 5.69 Å². The van der Waals surface area contributed by atoms with Crippen LogP contribution < -0.4 is 5.14 Å². The maximum atomic E-state index is 12.2. The van der Waals surface area contributed by atoms with Crippen LogP contribution in [0.5, 0.6) is 0 Å². The van der Waals surface area contributed by atoms with E-state index in [2.05, 4.69) is 5.10 Å². The Morgan fingerprint density at radius 3 is 2.16 bits per heavy atom. The molecule has 0 aliphatic heterocycles. The molecule has 0 atom stereocenters. The number of nitrogens with two attached hydrogens (primary N) is 1. The highest BCUT2D eigenvalue weighted by Crippen LogP contribution is 2.32. The number of nitrogens with zero attached hydrogens (tertiary/aromatic N) is 3. The Kier molecular flexibility index (Phi) is 5.32. The standard InChI is InChI=1S/C21H15ClN4O4S/c22-16-9-5-15(6-10-16)20-13-18(14-7-11-17(12-8-14)26(27)28)24-25(20)19-3-1-2-4-21(19)31(23,29)30/h1-13H,(H2,23,29,30). The SMILES string of the molecule is NS(=O)(=O)c1ccccc1-n1nc(-c2ccc([N+](=O)[O-])cc2)cc1-c1ccc(Cl)cc1. The predicted molar refractivity (Wildman–Crippen MR) is 117 cm³/mol. The first kappa shape index (κ1) is 20.7. The lowest BCUT2D eigenvalue weighted by Gasteiger charge is -2.11. The fourth-order valence-electron chi connectivity index (χ4n) is 3.16. The average molecular weight is 455 g/mol. The van der Waals surface area contributed by atoms with Crippen LogP contribution in [0.3, 0.4) is 0 Å². The summed E-state index contributed by atoms with van der Waals surface area (Å²) < 4.78 is 25.8. The number of benzene rings is 3. The second-order valence-electron chi connectivity index (χ2n) is 6.65. The van der Waals surface area contributed by atoms with Crippen molar-refractivity contribution in [1.82, 2.24) is 9.78 Å². The summed E-state index contributed by atoms with van der Waals surface area (Å²) in [7, 11) is -4.01. The Hall–Kier alpha value is -3.53. The van der Waals surface area contributed by atoms with Crippen molar-refractivity contribution in [2.24, 2.45) is 5.14 Å². The fourth-order valence-corrected chi connectivity index (χ4v) is 4.00. The number of para-hydroxylation sites is 1. The van der Waals surface area contributed by atoms with Crippen molar-refractivity contribution in [2.45, 2.75) is 4.90 Å². The second-order valence-corrected chi connectivity index (χ2v) is 8.62. The first-order valence-corrected chi connectivity index (χ1v) is 10.9. The largest absolute Gasteiger partial charge is 0.269 e. The molecule has 4 rings (SSSR count). The van der Waals surface area contributed by atoms with Crippen molar-refractivity contribution in [1.29, 1.82) is 0 Å². The van der Waals surface area contributed by atoms with E-state index in [4.69, 9.17) is 16.7 Å². The molecule has 0 fully saturated rings. The fraction of sp³-hybridized carbons (Fsp3) is 0. The van der Waals surface area contributed by atoms with Crippen molar-refractivity contribution < 1.29 is 13.3 Å². The van der Waals surface area contributed by atoms with Crippen LogP contribution >= 0.6 is 11.6 Å². The van der Waals surface area contributed by atoms with Gasteiger partial charge in [0.05, 0.1) is 22.0 Å². The Balaban J connectivity index is 1.94. The lowest BCUT2D eigenvalue weighted by atomic mass is 10.1. The molecular weight excluding hydrogens is 440 g/mol. The Labute approximate surface area is 182 Å². The molecule has 0 aliphatic carbocycles. The first-order chi connectivity index (χ1) is 14.7. The summed E-state index contributed by atoms with van der Waals surface area (Å²) in [5, 5.41) is 21.5. The van der Waals surface area contributed by atoms with Gasteiger partial charge in [-0.15, -0.1) is 0 Å². The molecule has 10 heteroatoms. The van der Waals surface area contributed by atoms with Gasteiger partial charge in [0.25, 0.3) is 5.69 Å². The summed E-state index contributed by atoms with van der Waals surface area (Å²) in [5.74, 6) is 0. The van der Waals surface area contributed by atoms with Crippen LogP contribution in [0, 0.1) is 10.1 Å². The number of sulfonamides is 1. The number of nitro benzene ring substituents is 1. The Morgan fingerprint density at radius 2 is 1.55 bits per heavy atom. The van der Waals surface area contributed by atoms with Gasteiger partial charge in [0.15, 0.2) is 0 Å². The highest BCUT2D eigenvalue weighted by atomic mass is 35.5. The van der Waals surface area contributed by atoms with Crippen LogP contribution in [0.1, 0.15) is 0 Å². The Bertz CT molecular complexity index is 1380. The molecule has 4 aromatic rings. The van der Waals surface area contributed by atoms with Gasteiger partial charge in [-0.3, -0.25) is 10.1 Å². The van der Waals surface area contributed by atoms with E-state index < -0.39 is 14.9 Å². The number of hydrogen-bond acceptors (Lipinski definition) is 5. The van der Waals surface area contributed by atoms with Crippen LogP contribution in [-0.2, 0) is 10.0 Å². The maximum absolute atomic E-state index is 12.2. The average Bonchev–Trinajstić information content (AvgIpc) is 3.19. The van der Waals surface area contributed by atoms with E-state index in [9.17, 15) is 18.5 Å². The number of halogens is 1. The van der Waals surface area contributed by atoms with Gasteiger partial charge in [-0.1, -0.05) is 35.9 Å². The van der Waals surface area contributed by atoms with Crippen molar-refractivity contribution in [3.63, 3.8) is 0 Å². The van der Waals surface area contributed by atoms with Gasteiger partial charge in [0.2, 0.25) is 10.0 Å². The predicted octanol–water partition coefficient (Wildman–Crippen LogP) is 4.42. The van der Waals surface area contributed by atoms with Crippen molar-refractivity contribution >= 4 is 27.3 Å². The molecule has 0 unspecified atom stereocenters. The van der Waals surface area contributed by atoms with Crippen LogP contribution in [-0.4, -0.2) is 23.1 Å². The number of aromatic nitrogens is 2. The van der Waals surface area contributed by atoms with E-state index in [0.29, 0.717) is 22.0 Å². The molecule has 0 saturated heterocycles. The summed E-state index contributed by atoms with van der Waals surface area (Å²) in [6.07, 6.45) is 0. The van der Waals surface area contributed by atoms with Gasteiger partial charge >= 0.3 is 0 Å². The van der Waals surface area contributed by atoms with Gasteiger partial charge in [-0.05, 0) is 42.5 Å². The summed E-state index contributed by atoms with van der Waals surface area (Å²) in [4.78, 5) is 10.4. The number of hydrogen-bond donors (Lipinski definition) is 1. The molecule has 2 N–H and O–H groups in total. The molecule has 31 heavy (non-hydrogen) atoms. The minimum atomic E-state index is -4.01. The molecule has 0 spiro atoms. The van der Waals surface area contributed by atoms with Crippen LogP contribution in [0.2, 0.25) is 5.02 Å². The van der Waals surface area contributed by atoms with E-state index in [1.807, 2.05) is 0 Å². The van der Waals surface area contributed by atoms with Gasteiger partial charge < -0.3 is 0 Å². The van der Waals surface area contributed by atoms with E-state index in [1.165, 1.54) is 22.9 Å². The third kappa shape index (κ3) is 4.19. The molecule has 0 bridgehead atoms. The summed E-state index contributed by atoms with van der Waals surface area (Å²) in [6, 6.07) is 21.0. The molecule has 3 aromatic carbocycles. The molecule has 8 nitrogen and oxygen atoms in total. The monoisotopic (exact) mass is 454 g/mol. The summed E-state index contributed by atoms with van der Waals surface area (Å²) >= 11 is 6.01. The zero-order valence-electron chi connectivity index (χ0n) is 15.8. The molecule has 0 aliphatic rings. The van der Waals surface area contributed by atoms with Crippen molar-refractivity contribution in [3.05, 3.63) is 94.0 Å². The summed E-state index contributed by atoms with van der Waals surface area (Å²) in [6.45, 7) is 0. The second kappa shape index (κ2) is 7.95. The molecule has 0 amide bonds. The number of nitro groups is 1. The molecular formula is C21H15ClN4O4S. The topological polar surface area (TPSA) is 121 Å². The zero-order chi connectivity index (χ0) is 22.2. The maximum Gasteiger partial charge on any atom is 0.269 e. The van der Waals surface area contributed by atoms with Gasteiger partial charge in [-0.2, -0.15) is 5.10 Å². The van der Waals surface area contributed by atoms with Gasteiger partial charge in [-0.25, -0.2) is 18.2 Å². The highest BCUT2D eigenvalue weighted by molar-refractivity contribution is 7.89. The van der Waals surface area contributed by atoms with Gasteiger partial charge in [0, 0.05) is 28.3 Å². The molecule has 156 valence electrons. The molecule has 0 radical (unpaired) electrons. The number of rotatable bonds is 5. The lowest BCUT2D eigenvalue weighted by Crippen LogP contribution is -2.16. The van der Waals surface area contributed by atoms with Crippen LogP contribution in [0.25, 0.3) is 28.2 Å². The van der Waals surface area contributed by atoms with E-state index in [-0.39, 0.29) is 16.3 Å². The van der Waals surface area contributed by atoms with E-state index in [1.54, 1.807) is 60.7 Å². The molecule has 1 heterocycles. The molecule has 1 aromatic heterocycles. The number of primary sulfonamides is 1. The smallest absolute Gasteiger partial charge is 0.258 e. The van der Waals surface area contributed by atoms with Crippen molar-refractivity contribution in [3.8, 4) is 28.2 Å². The minimum absolute atomic E-state index is 0.0410. The van der Waals surface area contributed by atoms with Gasteiger partial charge in [0.1, 0.15) is 4.90 Å². The van der Waals surface area contributed by atoms with Crippen molar-refractivity contribution in [2.75, 3.05) is 0 Å². The highest BCUT2D eigenvalue weighted by Gasteiger charge is 2.20.